The molecule has 0 radical (unpaired) electrons. The van der Waals surface area contributed by atoms with Gasteiger partial charge in [-0.3, -0.25) is 5.32 Å². The van der Waals surface area contributed by atoms with Crippen LogP contribution in [-0.4, -0.2) is 38.8 Å². The first-order valence-corrected chi connectivity index (χ1v) is 6.17. The number of nitrogens with zero attached hydrogens (tertiary/aromatic N) is 2. The number of aliphatic hydroxyl groups is 1. The van der Waals surface area contributed by atoms with Crippen LogP contribution in [0.2, 0.25) is 0 Å². The molecule has 0 saturated carbocycles. The molecule has 106 valence electrons. The number of carboxylic acid groups (broad SMARTS) is 1. The molecular formula is C12H19N3O4. The first kappa shape index (κ1) is 13.8. The predicted octanol–water partition coefficient (Wildman–Crippen LogP) is 1.55. The van der Waals surface area contributed by atoms with Crippen LogP contribution in [0.1, 0.15) is 39.0 Å². The van der Waals surface area contributed by atoms with Crippen LogP contribution >= 0.6 is 0 Å². The van der Waals surface area contributed by atoms with Gasteiger partial charge in [0.05, 0.1) is 23.9 Å². The van der Waals surface area contributed by atoms with E-state index >= 15 is 0 Å². The third-order valence-corrected chi connectivity index (χ3v) is 2.90. The molecule has 1 amide bonds. The van der Waals surface area contributed by atoms with Gasteiger partial charge in [-0.2, -0.15) is 5.10 Å². The minimum atomic E-state index is -1.13. The van der Waals surface area contributed by atoms with Crippen molar-refractivity contribution in [3.63, 3.8) is 0 Å². The monoisotopic (exact) mass is 269 g/mol. The van der Waals surface area contributed by atoms with E-state index in [9.17, 15) is 9.90 Å². The second-order valence-electron chi connectivity index (χ2n) is 5.68. The number of hydrogen-bond acceptors (Lipinski definition) is 4. The van der Waals surface area contributed by atoms with Gasteiger partial charge in [0.1, 0.15) is 11.9 Å². The highest BCUT2D eigenvalue weighted by atomic mass is 16.5. The SMILES string of the molecule is CC(C)(C)n1nc([C@@H]2C[C@H](O)CO2)cc1NC(=O)O. The average molecular weight is 269 g/mol. The molecule has 0 spiro atoms. The Bertz CT molecular complexity index is 478. The molecule has 1 saturated heterocycles. The highest BCUT2D eigenvalue weighted by Crippen LogP contribution is 2.31. The van der Waals surface area contributed by atoms with E-state index in [0.717, 1.165) is 0 Å². The number of ether oxygens (including phenoxy) is 1. The molecule has 0 aliphatic carbocycles. The molecule has 0 unspecified atom stereocenters. The summed E-state index contributed by atoms with van der Waals surface area (Å²) in [6.07, 6.45) is -1.42. The number of hydrogen-bond donors (Lipinski definition) is 3. The number of anilines is 1. The minimum absolute atomic E-state index is 0.284. The van der Waals surface area contributed by atoms with Crippen molar-refractivity contribution in [2.24, 2.45) is 0 Å². The van der Waals surface area contributed by atoms with Crippen LogP contribution in [0.15, 0.2) is 6.07 Å². The Hall–Kier alpha value is -1.60. The number of aromatic nitrogens is 2. The second-order valence-corrected chi connectivity index (χ2v) is 5.68. The fraction of sp³-hybridized carbons (Fsp3) is 0.667. The summed E-state index contributed by atoms with van der Waals surface area (Å²) >= 11 is 0. The van der Waals surface area contributed by atoms with Crippen LogP contribution in [0, 0.1) is 0 Å². The summed E-state index contributed by atoms with van der Waals surface area (Å²) in [5, 5.41) is 25.1. The van der Waals surface area contributed by atoms with E-state index < -0.39 is 12.2 Å². The molecule has 1 aromatic rings. The molecule has 2 rings (SSSR count). The lowest BCUT2D eigenvalue weighted by Gasteiger charge is -2.21. The lowest BCUT2D eigenvalue weighted by Crippen LogP contribution is -2.26. The molecule has 1 aliphatic rings. The van der Waals surface area contributed by atoms with Crippen LogP contribution in [-0.2, 0) is 10.3 Å². The van der Waals surface area contributed by atoms with E-state index in [0.29, 0.717) is 17.9 Å². The van der Waals surface area contributed by atoms with E-state index in [1.165, 1.54) is 0 Å². The highest BCUT2D eigenvalue weighted by Gasteiger charge is 2.30. The Balaban J connectivity index is 2.31. The predicted molar refractivity (Wildman–Crippen MR) is 68.2 cm³/mol. The van der Waals surface area contributed by atoms with Gasteiger partial charge in [-0.1, -0.05) is 0 Å². The van der Waals surface area contributed by atoms with Gasteiger partial charge in [-0.25, -0.2) is 9.48 Å². The van der Waals surface area contributed by atoms with Gasteiger partial charge in [-0.15, -0.1) is 0 Å². The molecular weight excluding hydrogens is 250 g/mol. The van der Waals surface area contributed by atoms with Crippen molar-refractivity contribution in [2.45, 2.75) is 44.9 Å². The molecule has 1 aromatic heterocycles. The lowest BCUT2D eigenvalue weighted by molar-refractivity contribution is 0.0860. The maximum absolute atomic E-state index is 10.8. The maximum Gasteiger partial charge on any atom is 0.410 e. The Morgan fingerprint density at radius 3 is 2.74 bits per heavy atom. The zero-order valence-corrected chi connectivity index (χ0v) is 11.3. The molecule has 0 aromatic carbocycles. The summed E-state index contributed by atoms with van der Waals surface area (Å²) in [4.78, 5) is 10.8. The molecule has 1 aliphatic heterocycles. The summed E-state index contributed by atoms with van der Waals surface area (Å²) < 4.78 is 7.05. The lowest BCUT2D eigenvalue weighted by atomic mass is 10.1. The molecule has 1 fully saturated rings. The van der Waals surface area contributed by atoms with Gasteiger partial charge in [0.15, 0.2) is 0 Å². The van der Waals surface area contributed by atoms with Crippen molar-refractivity contribution < 1.29 is 19.7 Å². The van der Waals surface area contributed by atoms with Crippen molar-refractivity contribution in [3.8, 4) is 0 Å². The number of carbonyl (C=O) groups is 1. The molecule has 7 nitrogen and oxygen atoms in total. The topological polar surface area (TPSA) is 96.6 Å². The number of aliphatic hydroxyl groups excluding tert-OH is 1. The second kappa shape index (κ2) is 4.82. The quantitative estimate of drug-likeness (QED) is 0.757. The number of amides is 1. The summed E-state index contributed by atoms with van der Waals surface area (Å²) in [5.41, 5.74) is 0.281. The van der Waals surface area contributed by atoms with Crippen molar-refractivity contribution in [2.75, 3.05) is 11.9 Å². The van der Waals surface area contributed by atoms with E-state index in [4.69, 9.17) is 9.84 Å². The van der Waals surface area contributed by atoms with Crippen LogP contribution in [0.3, 0.4) is 0 Å². The van der Waals surface area contributed by atoms with Gasteiger partial charge >= 0.3 is 6.09 Å². The zero-order valence-electron chi connectivity index (χ0n) is 11.3. The van der Waals surface area contributed by atoms with Gasteiger partial charge in [0.25, 0.3) is 0 Å². The smallest absolute Gasteiger partial charge is 0.410 e. The van der Waals surface area contributed by atoms with Gasteiger partial charge in [0, 0.05) is 12.5 Å². The van der Waals surface area contributed by atoms with Gasteiger partial charge in [-0.05, 0) is 20.8 Å². The first-order chi connectivity index (χ1) is 8.77. The molecule has 3 N–H and O–H groups in total. The van der Waals surface area contributed by atoms with E-state index in [1.54, 1.807) is 10.7 Å². The standard InChI is InChI=1S/C12H19N3O4/c1-12(2,3)15-10(13-11(17)18)5-8(14-15)9-4-7(16)6-19-9/h5,7,9,13,16H,4,6H2,1-3H3,(H,17,18)/t7-,9-/m0/s1. The Morgan fingerprint density at radius 2 is 2.26 bits per heavy atom. The summed E-state index contributed by atoms with van der Waals surface area (Å²) in [6.45, 7) is 6.08. The average Bonchev–Trinajstić information content (AvgIpc) is 2.82. The highest BCUT2D eigenvalue weighted by molar-refractivity contribution is 5.81. The van der Waals surface area contributed by atoms with Crippen molar-refractivity contribution in [3.05, 3.63) is 11.8 Å². The third kappa shape index (κ3) is 3.05. The summed E-state index contributed by atoms with van der Waals surface area (Å²) in [7, 11) is 0. The number of nitrogens with one attached hydrogen (secondary N) is 1. The van der Waals surface area contributed by atoms with Crippen molar-refractivity contribution in [1.29, 1.82) is 0 Å². The van der Waals surface area contributed by atoms with Crippen molar-refractivity contribution >= 4 is 11.9 Å². The summed E-state index contributed by atoms with van der Waals surface area (Å²) in [6, 6.07) is 1.65. The largest absolute Gasteiger partial charge is 0.465 e. The fourth-order valence-electron chi connectivity index (χ4n) is 2.08. The normalized spacial score (nSPS) is 23.6. The maximum atomic E-state index is 10.8. The zero-order chi connectivity index (χ0) is 14.2. The molecule has 7 heteroatoms. The van der Waals surface area contributed by atoms with Gasteiger partial charge in [0.2, 0.25) is 0 Å². The Kier molecular flexibility index (Phi) is 3.51. The Labute approximate surface area is 111 Å². The molecule has 19 heavy (non-hydrogen) atoms. The van der Waals surface area contributed by atoms with Crippen LogP contribution in [0.4, 0.5) is 10.6 Å². The van der Waals surface area contributed by atoms with Crippen LogP contribution < -0.4 is 5.32 Å². The first-order valence-electron chi connectivity index (χ1n) is 6.17. The molecule has 2 heterocycles. The van der Waals surface area contributed by atoms with Crippen LogP contribution in [0.25, 0.3) is 0 Å². The Morgan fingerprint density at radius 1 is 1.58 bits per heavy atom. The van der Waals surface area contributed by atoms with Crippen molar-refractivity contribution in [1.82, 2.24) is 9.78 Å². The van der Waals surface area contributed by atoms with E-state index in [2.05, 4.69) is 10.4 Å². The molecule has 2 atom stereocenters. The summed E-state index contributed by atoms with van der Waals surface area (Å²) in [5.74, 6) is 0.403. The minimum Gasteiger partial charge on any atom is -0.465 e. The van der Waals surface area contributed by atoms with E-state index in [1.807, 2.05) is 20.8 Å². The third-order valence-electron chi connectivity index (χ3n) is 2.90. The van der Waals surface area contributed by atoms with E-state index in [-0.39, 0.29) is 18.2 Å². The van der Waals surface area contributed by atoms with Gasteiger partial charge < -0.3 is 14.9 Å². The number of rotatable bonds is 2. The molecule has 0 bridgehead atoms. The fourth-order valence-corrected chi connectivity index (χ4v) is 2.08. The van der Waals surface area contributed by atoms with Crippen LogP contribution in [0.5, 0.6) is 0 Å².